The molecule has 2 fully saturated rings. The minimum Gasteiger partial charge on any atom is -0.376 e. The Labute approximate surface area is 204 Å². The van der Waals surface area contributed by atoms with Crippen LogP contribution in [0.5, 0.6) is 0 Å². The number of piperidine rings is 1. The Kier molecular flexibility index (Phi) is 6.70. The lowest BCUT2D eigenvalue weighted by Gasteiger charge is -2.32. The summed E-state index contributed by atoms with van der Waals surface area (Å²) in [6, 6.07) is 14.2. The van der Waals surface area contributed by atoms with E-state index in [-0.39, 0.29) is 22.9 Å². The first-order valence-electron chi connectivity index (χ1n) is 11.8. The zero-order valence-electron chi connectivity index (χ0n) is 19.2. The molecule has 0 bridgehead atoms. The van der Waals surface area contributed by atoms with Crippen LogP contribution in [-0.4, -0.2) is 55.5 Å². The molecule has 0 radical (unpaired) electrons. The molecule has 3 aromatic rings. The van der Waals surface area contributed by atoms with Gasteiger partial charge in [0, 0.05) is 24.8 Å². The topological polar surface area (TPSA) is 79.8 Å². The van der Waals surface area contributed by atoms with Crippen LogP contribution in [0.1, 0.15) is 49.4 Å². The number of carbonyl (C=O) groups is 1. The number of fused-ring (bicyclic) bond motifs is 1. The highest BCUT2D eigenvalue weighted by Crippen LogP contribution is 2.31. The highest BCUT2D eigenvalue weighted by atomic mass is 32.2. The summed E-state index contributed by atoms with van der Waals surface area (Å²) in [4.78, 5) is 20.3. The predicted molar refractivity (Wildman–Crippen MR) is 134 cm³/mol. The van der Waals surface area contributed by atoms with Crippen molar-refractivity contribution in [1.29, 1.82) is 0 Å². The molecule has 2 atom stereocenters. The van der Waals surface area contributed by atoms with Crippen LogP contribution in [0.3, 0.4) is 0 Å². The van der Waals surface area contributed by atoms with E-state index >= 15 is 0 Å². The zero-order valence-corrected chi connectivity index (χ0v) is 20.9. The Bertz CT molecular complexity index is 1250. The zero-order chi connectivity index (χ0) is 23.7. The second kappa shape index (κ2) is 9.73. The van der Waals surface area contributed by atoms with Gasteiger partial charge >= 0.3 is 0 Å². The third-order valence-electron chi connectivity index (χ3n) is 6.60. The van der Waals surface area contributed by atoms with Crippen LogP contribution in [0, 0.1) is 0 Å². The number of rotatable bonds is 6. The quantitative estimate of drug-likeness (QED) is 0.492. The molecule has 2 saturated heterocycles. The first-order valence-corrected chi connectivity index (χ1v) is 14.1. The molecule has 1 aromatic heterocycles. The van der Waals surface area contributed by atoms with E-state index in [0.717, 1.165) is 42.3 Å². The smallest absolute Gasteiger partial charge is 0.260 e. The number of carbonyl (C=O) groups excluding carboxylic acids is 1. The Morgan fingerprint density at radius 3 is 2.76 bits per heavy atom. The maximum absolute atomic E-state index is 13.8. The van der Waals surface area contributed by atoms with Gasteiger partial charge in [-0.25, -0.2) is 13.4 Å². The van der Waals surface area contributed by atoms with Gasteiger partial charge in [-0.3, -0.25) is 9.69 Å². The van der Waals surface area contributed by atoms with Gasteiger partial charge in [-0.15, -0.1) is 0 Å². The average Bonchev–Trinajstić information content (AvgIpc) is 3.52. The van der Waals surface area contributed by atoms with Gasteiger partial charge in [0.1, 0.15) is 0 Å². The number of hydrogen-bond donors (Lipinski definition) is 0. The van der Waals surface area contributed by atoms with Crippen LogP contribution >= 0.6 is 11.3 Å². The Morgan fingerprint density at radius 1 is 1.15 bits per heavy atom. The number of hydrogen-bond acceptors (Lipinski definition) is 6. The minimum atomic E-state index is -3.68. The van der Waals surface area contributed by atoms with E-state index in [2.05, 4.69) is 0 Å². The first-order chi connectivity index (χ1) is 16.4. The molecule has 34 heavy (non-hydrogen) atoms. The molecule has 2 unspecified atom stereocenters. The molecule has 2 aromatic carbocycles. The molecule has 9 heteroatoms. The van der Waals surface area contributed by atoms with Gasteiger partial charge in [-0.05, 0) is 62.9 Å². The predicted octanol–water partition coefficient (Wildman–Crippen LogP) is 4.69. The second-order valence-corrected chi connectivity index (χ2v) is 11.9. The fourth-order valence-corrected chi connectivity index (χ4v) is 7.44. The summed E-state index contributed by atoms with van der Waals surface area (Å²) in [7, 11) is -3.68. The standard InChI is InChI=1S/C25H29N3O4S2/c1-18-8-4-5-14-28(18)34(30,31)21-11-6-9-19(16-21)24(29)27(17-20-10-7-15-32-20)25-26-22-12-2-3-13-23(22)33-25/h2-3,6,9,11-13,16,18,20H,4-5,7-8,10,14-15,17H2,1H3. The SMILES string of the molecule is CC1CCCCN1S(=O)(=O)c1cccc(C(=O)N(CC2CCCO2)c2nc3ccccc3s2)c1. The number of nitrogens with zero attached hydrogens (tertiary/aromatic N) is 3. The van der Waals surface area contributed by atoms with E-state index < -0.39 is 10.0 Å². The average molecular weight is 500 g/mol. The highest BCUT2D eigenvalue weighted by molar-refractivity contribution is 7.89. The molecule has 7 nitrogen and oxygen atoms in total. The molecule has 0 aliphatic carbocycles. The Morgan fingerprint density at radius 2 is 2.00 bits per heavy atom. The van der Waals surface area contributed by atoms with Crippen molar-refractivity contribution in [3.05, 3.63) is 54.1 Å². The maximum atomic E-state index is 13.8. The summed E-state index contributed by atoms with van der Waals surface area (Å²) in [5.74, 6) is -0.265. The molecule has 3 heterocycles. The third kappa shape index (κ3) is 4.62. The summed E-state index contributed by atoms with van der Waals surface area (Å²) >= 11 is 1.46. The molecule has 2 aliphatic rings. The summed E-state index contributed by atoms with van der Waals surface area (Å²) in [5, 5.41) is 0.597. The number of para-hydroxylation sites is 1. The molecule has 2 aliphatic heterocycles. The number of thiazole rings is 1. The van der Waals surface area contributed by atoms with Gasteiger partial charge in [-0.2, -0.15) is 4.31 Å². The third-order valence-corrected chi connectivity index (χ3v) is 9.67. The number of aromatic nitrogens is 1. The van der Waals surface area contributed by atoms with Crippen molar-refractivity contribution in [2.24, 2.45) is 0 Å². The lowest BCUT2D eigenvalue weighted by molar-refractivity contribution is 0.0917. The summed E-state index contributed by atoms with van der Waals surface area (Å²) in [6.07, 6.45) is 4.53. The lowest BCUT2D eigenvalue weighted by atomic mass is 10.1. The van der Waals surface area contributed by atoms with E-state index in [1.54, 1.807) is 27.4 Å². The van der Waals surface area contributed by atoms with Gasteiger partial charge < -0.3 is 4.74 Å². The van der Waals surface area contributed by atoms with Crippen molar-refractivity contribution in [2.45, 2.75) is 56.1 Å². The lowest BCUT2D eigenvalue weighted by Crippen LogP contribution is -2.42. The molecular weight excluding hydrogens is 470 g/mol. The van der Waals surface area contributed by atoms with Crippen molar-refractivity contribution >= 4 is 42.6 Å². The Hall–Kier alpha value is -2.33. The summed E-state index contributed by atoms with van der Waals surface area (Å²) in [5.41, 5.74) is 1.17. The number of benzene rings is 2. The van der Waals surface area contributed by atoms with Crippen LogP contribution in [-0.2, 0) is 14.8 Å². The van der Waals surface area contributed by atoms with Crippen molar-refractivity contribution < 1.29 is 17.9 Å². The number of sulfonamides is 1. The molecule has 0 saturated carbocycles. The van der Waals surface area contributed by atoms with Crippen molar-refractivity contribution in [3.8, 4) is 0 Å². The highest BCUT2D eigenvalue weighted by Gasteiger charge is 2.32. The normalized spacial score (nSPS) is 21.7. The molecule has 5 rings (SSSR count). The number of amides is 1. The fourth-order valence-electron chi connectivity index (χ4n) is 4.72. The van der Waals surface area contributed by atoms with Crippen molar-refractivity contribution in [1.82, 2.24) is 9.29 Å². The van der Waals surface area contributed by atoms with E-state index in [9.17, 15) is 13.2 Å². The van der Waals surface area contributed by atoms with Crippen molar-refractivity contribution in [3.63, 3.8) is 0 Å². The van der Waals surface area contributed by atoms with Gasteiger partial charge in [0.25, 0.3) is 5.91 Å². The second-order valence-electron chi connectivity index (χ2n) is 9.00. The van der Waals surface area contributed by atoms with Gasteiger partial charge in [0.2, 0.25) is 10.0 Å². The molecule has 1 amide bonds. The van der Waals surface area contributed by atoms with E-state index in [4.69, 9.17) is 9.72 Å². The van der Waals surface area contributed by atoms with Crippen LogP contribution in [0.15, 0.2) is 53.4 Å². The number of ether oxygens (including phenoxy) is 1. The molecule has 180 valence electrons. The molecule has 0 spiro atoms. The van der Waals surface area contributed by atoms with Crippen LogP contribution in [0.25, 0.3) is 10.2 Å². The van der Waals surface area contributed by atoms with E-state index in [1.807, 2.05) is 31.2 Å². The minimum absolute atomic E-state index is 0.0446. The van der Waals surface area contributed by atoms with Gasteiger partial charge in [-0.1, -0.05) is 36.0 Å². The van der Waals surface area contributed by atoms with E-state index in [0.29, 0.717) is 30.4 Å². The molecular formula is C25H29N3O4S2. The first kappa shape index (κ1) is 23.4. The van der Waals surface area contributed by atoms with Crippen molar-refractivity contribution in [2.75, 3.05) is 24.6 Å². The van der Waals surface area contributed by atoms with Crippen LogP contribution in [0.4, 0.5) is 5.13 Å². The summed E-state index contributed by atoms with van der Waals surface area (Å²) < 4.78 is 35.1. The fraction of sp³-hybridized carbons (Fsp3) is 0.440. The van der Waals surface area contributed by atoms with E-state index in [1.165, 1.54) is 17.4 Å². The Balaban J connectivity index is 1.48. The van der Waals surface area contributed by atoms with Crippen LogP contribution < -0.4 is 4.90 Å². The maximum Gasteiger partial charge on any atom is 0.260 e. The van der Waals surface area contributed by atoms with Gasteiger partial charge in [0.15, 0.2) is 5.13 Å². The largest absolute Gasteiger partial charge is 0.376 e. The van der Waals surface area contributed by atoms with Crippen LogP contribution in [0.2, 0.25) is 0 Å². The number of anilines is 1. The summed E-state index contributed by atoms with van der Waals surface area (Å²) in [6.45, 7) is 3.54. The van der Waals surface area contributed by atoms with Gasteiger partial charge in [0.05, 0.1) is 27.8 Å². The monoisotopic (exact) mass is 499 g/mol. The molecule has 0 N–H and O–H groups in total.